The summed E-state index contributed by atoms with van der Waals surface area (Å²) in [5, 5.41) is 20.3. The Labute approximate surface area is 243 Å². The van der Waals surface area contributed by atoms with E-state index >= 15 is 0 Å². The van der Waals surface area contributed by atoms with Crippen molar-refractivity contribution in [1.29, 1.82) is 0 Å². The second kappa shape index (κ2) is 14.1. The van der Waals surface area contributed by atoms with Gasteiger partial charge in [0.25, 0.3) is 0 Å². The molecule has 0 aliphatic carbocycles. The maximum Gasteiger partial charge on any atom is 0.246 e. The minimum absolute atomic E-state index is 0.0446. The summed E-state index contributed by atoms with van der Waals surface area (Å²) < 4.78 is 26.6. The Hall–Kier alpha value is -4.29. The van der Waals surface area contributed by atoms with E-state index in [1.54, 1.807) is 25.6 Å². The number of amides is 1. The van der Waals surface area contributed by atoms with E-state index in [4.69, 9.17) is 9.47 Å². The molecule has 5 rings (SSSR count). The van der Waals surface area contributed by atoms with Gasteiger partial charge in [0.15, 0.2) is 11.5 Å². The predicted octanol–water partition coefficient (Wildman–Crippen LogP) is 4.36. The van der Waals surface area contributed by atoms with Crippen molar-refractivity contribution in [2.75, 3.05) is 44.0 Å². The Morgan fingerprint density at radius 2 is 2.07 bits per heavy atom. The number of anilines is 3. The molecule has 1 atom stereocenters. The van der Waals surface area contributed by atoms with Crippen LogP contribution in [0, 0.1) is 5.82 Å². The van der Waals surface area contributed by atoms with Crippen LogP contribution in [0.3, 0.4) is 0 Å². The van der Waals surface area contributed by atoms with E-state index in [2.05, 4.69) is 30.6 Å². The number of halogens is 1. The molecule has 1 saturated heterocycles. The fourth-order valence-electron chi connectivity index (χ4n) is 5.28. The molecule has 4 aromatic rings. The van der Waals surface area contributed by atoms with Gasteiger partial charge in [-0.3, -0.25) is 9.48 Å². The van der Waals surface area contributed by atoms with Crippen LogP contribution in [0.15, 0.2) is 55.1 Å². The number of piperidine rings is 1. The van der Waals surface area contributed by atoms with Gasteiger partial charge in [-0.15, -0.1) is 0 Å². The number of benzene rings is 2. The van der Waals surface area contributed by atoms with Crippen LogP contribution in [0.4, 0.5) is 21.6 Å². The number of hydrogen-bond donors (Lipinski definition) is 3. The van der Waals surface area contributed by atoms with Gasteiger partial charge in [0.05, 0.1) is 31.1 Å². The number of carbonyl (C=O) groups excluding carboxylic acids is 1. The van der Waals surface area contributed by atoms with Crippen molar-refractivity contribution in [2.24, 2.45) is 0 Å². The van der Waals surface area contributed by atoms with Gasteiger partial charge >= 0.3 is 0 Å². The Morgan fingerprint density at radius 3 is 2.90 bits per heavy atom. The van der Waals surface area contributed by atoms with Crippen molar-refractivity contribution < 1.29 is 23.8 Å². The number of fused-ring (bicyclic) bond motifs is 1. The number of aliphatic hydroxyl groups excluding tert-OH is 1. The minimum Gasteiger partial charge on any atom is -0.493 e. The molecule has 0 bridgehead atoms. The third kappa shape index (κ3) is 7.51. The first kappa shape index (κ1) is 29.2. The lowest BCUT2D eigenvalue weighted by atomic mass is 9.99. The number of nitrogens with one attached hydrogen (secondary N) is 2. The monoisotopic (exact) mass is 577 g/mol. The van der Waals surface area contributed by atoms with Crippen LogP contribution in [-0.4, -0.2) is 75.1 Å². The van der Waals surface area contributed by atoms with Crippen molar-refractivity contribution in [3.05, 3.63) is 60.9 Å². The van der Waals surface area contributed by atoms with E-state index in [-0.39, 0.29) is 19.1 Å². The number of likely N-dealkylation sites (tertiary alicyclic amines) is 1. The minimum atomic E-state index is -0.424. The molecule has 11 nitrogen and oxygen atoms in total. The number of methoxy groups -OCH3 is 1. The molecular weight excluding hydrogens is 541 g/mol. The first-order valence-corrected chi connectivity index (χ1v) is 14.2. The molecule has 1 unspecified atom stereocenters. The number of rotatable bonds is 13. The molecule has 0 radical (unpaired) electrons. The van der Waals surface area contributed by atoms with E-state index in [9.17, 15) is 14.3 Å². The van der Waals surface area contributed by atoms with E-state index in [0.717, 1.165) is 37.7 Å². The third-order valence-corrected chi connectivity index (χ3v) is 7.29. The smallest absolute Gasteiger partial charge is 0.246 e. The van der Waals surface area contributed by atoms with Gasteiger partial charge in [0, 0.05) is 42.5 Å². The molecule has 2 aromatic carbocycles. The highest BCUT2D eigenvalue weighted by molar-refractivity contribution is 5.93. The molecule has 0 saturated carbocycles. The van der Waals surface area contributed by atoms with E-state index in [1.807, 2.05) is 12.1 Å². The van der Waals surface area contributed by atoms with Crippen LogP contribution in [0.5, 0.6) is 11.5 Å². The fraction of sp³-hybridized carbons (Fsp3) is 0.400. The van der Waals surface area contributed by atoms with Crippen LogP contribution < -0.4 is 20.1 Å². The predicted molar refractivity (Wildman–Crippen MR) is 158 cm³/mol. The average Bonchev–Trinajstić information content (AvgIpc) is 3.42. The largest absolute Gasteiger partial charge is 0.493 e. The molecule has 3 N–H and O–H groups in total. The number of carbonyl (C=O) groups is 1. The summed E-state index contributed by atoms with van der Waals surface area (Å²) in [5.41, 5.74) is 1.69. The number of aliphatic hydroxyl groups is 1. The zero-order valence-electron chi connectivity index (χ0n) is 23.6. The SMILES string of the molecule is COc1cc2c(Nc3cnn(CC(=O)Nc4cccc(F)c4)c3)ncnc2cc1OCCCN1CCCCC1CCO. The highest BCUT2D eigenvalue weighted by Crippen LogP contribution is 2.35. The van der Waals surface area contributed by atoms with Crippen LogP contribution in [-0.2, 0) is 11.3 Å². The van der Waals surface area contributed by atoms with Gasteiger partial charge in [0.2, 0.25) is 5.91 Å². The number of hydrogen-bond acceptors (Lipinski definition) is 9. The summed E-state index contributed by atoms with van der Waals surface area (Å²) in [6, 6.07) is 9.85. The second-order valence-electron chi connectivity index (χ2n) is 10.3. The first-order valence-electron chi connectivity index (χ1n) is 14.2. The zero-order valence-corrected chi connectivity index (χ0v) is 23.6. The zero-order chi connectivity index (χ0) is 29.3. The summed E-state index contributed by atoms with van der Waals surface area (Å²) in [7, 11) is 1.59. The van der Waals surface area contributed by atoms with Gasteiger partial charge in [-0.25, -0.2) is 14.4 Å². The lowest BCUT2D eigenvalue weighted by Gasteiger charge is -2.35. The van der Waals surface area contributed by atoms with Gasteiger partial charge in [-0.05, 0) is 56.5 Å². The maximum atomic E-state index is 13.4. The third-order valence-electron chi connectivity index (χ3n) is 7.29. The summed E-state index contributed by atoms with van der Waals surface area (Å²) in [6.45, 7) is 2.71. The summed E-state index contributed by atoms with van der Waals surface area (Å²) in [5.74, 6) is 0.972. The number of ether oxygens (including phenoxy) is 2. The maximum absolute atomic E-state index is 13.4. The number of nitrogens with zero attached hydrogens (tertiary/aromatic N) is 5. The van der Waals surface area contributed by atoms with Gasteiger partial charge in [0.1, 0.15) is 24.5 Å². The fourth-order valence-corrected chi connectivity index (χ4v) is 5.28. The summed E-state index contributed by atoms with van der Waals surface area (Å²) in [4.78, 5) is 23.7. The Bertz CT molecular complexity index is 1500. The normalized spacial score (nSPS) is 15.5. The summed E-state index contributed by atoms with van der Waals surface area (Å²) in [6.07, 6.45) is 9.99. The van der Waals surface area contributed by atoms with Crippen molar-refractivity contribution in [3.8, 4) is 11.5 Å². The molecule has 0 spiro atoms. The first-order chi connectivity index (χ1) is 20.5. The average molecular weight is 578 g/mol. The summed E-state index contributed by atoms with van der Waals surface area (Å²) >= 11 is 0. The lowest BCUT2D eigenvalue weighted by Crippen LogP contribution is -2.40. The molecular formula is C30H36FN7O4. The molecule has 12 heteroatoms. The molecule has 1 fully saturated rings. The Kier molecular flexibility index (Phi) is 9.78. The van der Waals surface area contributed by atoms with E-state index in [1.165, 1.54) is 42.0 Å². The van der Waals surface area contributed by atoms with Crippen molar-refractivity contribution in [3.63, 3.8) is 0 Å². The molecule has 222 valence electrons. The molecule has 3 heterocycles. The standard InChI is InChI=1S/C30H36FN7O4/c1-41-27-15-25-26(16-28(27)42-13-5-11-37-10-3-2-8-24(37)9-12-39)32-20-33-30(25)36-23-17-34-38(18-23)19-29(40)35-22-7-4-6-21(31)14-22/h4,6-7,14-18,20,24,39H,2-3,5,8-13,19H2,1H3,(H,35,40)(H,32,33,36). The van der Waals surface area contributed by atoms with E-state index in [0.29, 0.717) is 46.9 Å². The number of aromatic nitrogens is 4. The molecule has 1 aliphatic rings. The molecule has 42 heavy (non-hydrogen) atoms. The van der Waals surface area contributed by atoms with Crippen LogP contribution in [0.2, 0.25) is 0 Å². The van der Waals surface area contributed by atoms with Crippen molar-refractivity contribution in [1.82, 2.24) is 24.6 Å². The van der Waals surface area contributed by atoms with Crippen molar-refractivity contribution >= 4 is 34.0 Å². The van der Waals surface area contributed by atoms with Gasteiger partial charge in [-0.1, -0.05) is 12.5 Å². The van der Waals surface area contributed by atoms with Gasteiger partial charge < -0.3 is 30.1 Å². The van der Waals surface area contributed by atoms with Crippen LogP contribution in [0.25, 0.3) is 10.9 Å². The second-order valence-corrected chi connectivity index (χ2v) is 10.3. The lowest BCUT2D eigenvalue weighted by molar-refractivity contribution is -0.116. The van der Waals surface area contributed by atoms with Crippen molar-refractivity contribution in [2.45, 2.75) is 44.7 Å². The molecule has 1 aliphatic heterocycles. The Balaban J connectivity index is 1.20. The highest BCUT2D eigenvalue weighted by atomic mass is 19.1. The van der Waals surface area contributed by atoms with Crippen LogP contribution >= 0.6 is 0 Å². The van der Waals surface area contributed by atoms with Gasteiger partial charge in [-0.2, -0.15) is 5.10 Å². The molecule has 1 amide bonds. The van der Waals surface area contributed by atoms with Crippen LogP contribution in [0.1, 0.15) is 32.1 Å². The Morgan fingerprint density at radius 1 is 1.17 bits per heavy atom. The van der Waals surface area contributed by atoms with E-state index < -0.39 is 5.82 Å². The topological polar surface area (TPSA) is 127 Å². The quantitative estimate of drug-likeness (QED) is 0.199. The highest BCUT2D eigenvalue weighted by Gasteiger charge is 2.21. The molecule has 2 aromatic heterocycles.